The molecule has 5 nitrogen and oxygen atoms in total. The van der Waals surface area contributed by atoms with Crippen molar-refractivity contribution >= 4 is 6.08 Å². The van der Waals surface area contributed by atoms with Gasteiger partial charge in [0.05, 0.1) is 7.11 Å². The molecule has 5 heteroatoms. The van der Waals surface area contributed by atoms with Crippen LogP contribution in [0.1, 0.15) is 24.0 Å². The summed E-state index contributed by atoms with van der Waals surface area (Å²) in [5.41, 5.74) is 3.79. The predicted octanol–water partition coefficient (Wildman–Crippen LogP) is 3.47. The SMILES string of the molecule is COc1ccc2c(c1)C=C(CN1CCN(CCCc3ccccc3)[C@H](CCO)C1)CO2. The Morgan fingerprint density at radius 3 is 2.81 bits per heavy atom. The van der Waals surface area contributed by atoms with Crippen molar-refractivity contribution in [3.05, 3.63) is 65.2 Å². The second-order valence-corrected chi connectivity index (χ2v) is 8.52. The van der Waals surface area contributed by atoms with Crippen LogP contribution in [0.25, 0.3) is 6.08 Å². The maximum absolute atomic E-state index is 9.62. The van der Waals surface area contributed by atoms with Crippen LogP contribution in [-0.2, 0) is 6.42 Å². The first kappa shape index (κ1) is 21.9. The van der Waals surface area contributed by atoms with E-state index in [4.69, 9.17) is 9.47 Å². The molecule has 0 spiro atoms. The van der Waals surface area contributed by atoms with E-state index in [1.165, 1.54) is 11.1 Å². The van der Waals surface area contributed by atoms with Crippen molar-refractivity contribution in [2.24, 2.45) is 0 Å². The second kappa shape index (κ2) is 10.8. The van der Waals surface area contributed by atoms with Gasteiger partial charge in [0.25, 0.3) is 0 Å². The van der Waals surface area contributed by atoms with Crippen molar-refractivity contribution in [2.45, 2.75) is 25.3 Å². The van der Waals surface area contributed by atoms with Crippen molar-refractivity contribution in [1.29, 1.82) is 0 Å². The van der Waals surface area contributed by atoms with Crippen molar-refractivity contribution in [3.8, 4) is 11.5 Å². The fourth-order valence-electron chi connectivity index (χ4n) is 4.66. The Kier molecular flexibility index (Phi) is 7.62. The monoisotopic (exact) mass is 422 g/mol. The van der Waals surface area contributed by atoms with Gasteiger partial charge in [0.1, 0.15) is 18.1 Å². The average molecular weight is 423 g/mol. The van der Waals surface area contributed by atoms with Crippen LogP contribution in [0.4, 0.5) is 0 Å². The largest absolute Gasteiger partial charge is 0.497 e. The van der Waals surface area contributed by atoms with E-state index in [1.807, 2.05) is 18.2 Å². The van der Waals surface area contributed by atoms with Crippen molar-refractivity contribution in [2.75, 3.05) is 53.0 Å². The van der Waals surface area contributed by atoms with Crippen LogP contribution in [-0.4, -0.2) is 74.0 Å². The quantitative estimate of drug-likeness (QED) is 0.670. The number of rotatable bonds is 9. The van der Waals surface area contributed by atoms with E-state index in [2.05, 4.69) is 46.2 Å². The average Bonchev–Trinajstić information content (AvgIpc) is 2.81. The maximum Gasteiger partial charge on any atom is 0.127 e. The summed E-state index contributed by atoms with van der Waals surface area (Å²) in [4.78, 5) is 5.08. The summed E-state index contributed by atoms with van der Waals surface area (Å²) in [6.07, 6.45) is 5.34. The van der Waals surface area contributed by atoms with Crippen LogP contribution in [0.3, 0.4) is 0 Å². The van der Waals surface area contributed by atoms with Crippen molar-refractivity contribution in [1.82, 2.24) is 9.80 Å². The highest BCUT2D eigenvalue weighted by atomic mass is 16.5. The molecule has 0 bridgehead atoms. The Morgan fingerprint density at radius 2 is 2.00 bits per heavy atom. The van der Waals surface area contributed by atoms with Crippen LogP contribution < -0.4 is 9.47 Å². The third-order valence-electron chi connectivity index (χ3n) is 6.32. The zero-order chi connectivity index (χ0) is 21.5. The summed E-state index contributed by atoms with van der Waals surface area (Å²) < 4.78 is 11.3. The van der Waals surface area contributed by atoms with Gasteiger partial charge in [-0.15, -0.1) is 0 Å². The van der Waals surface area contributed by atoms with Crippen LogP contribution >= 0.6 is 0 Å². The second-order valence-electron chi connectivity index (χ2n) is 8.52. The summed E-state index contributed by atoms with van der Waals surface area (Å²) in [6.45, 7) is 5.98. The lowest BCUT2D eigenvalue weighted by Crippen LogP contribution is -2.54. The molecule has 1 N–H and O–H groups in total. The van der Waals surface area contributed by atoms with E-state index >= 15 is 0 Å². The molecule has 1 saturated heterocycles. The van der Waals surface area contributed by atoms with Gasteiger partial charge in [-0.2, -0.15) is 0 Å². The predicted molar refractivity (Wildman–Crippen MR) is 125 cm³/mol. The fourth-order valence-corrected chi connectivity index (χ4v) is 4.66. The Morgan fingerprint density at radius 1 is 1.13 bits per heavy atom. The lowest BCUT2D eigenvalue weighted by atomic mass is 10.0. The van der Waals surface area contributed by atoms with Crippen molar-refractivity contribution < 1.29 is 14.6 Å². The topological polar surface area (TPSA) is 45.2 Å². The molecule has 2 heterocycles. The van der Waals surface area contributed by atoms with Gasteiger partial charge in [-0.05, 0) is 61.2 Å². The van der Waals surface area contributed by atoms with Gasteiger partial charge in [-0.25, -0.2) is 0 Å². The molecule has 0 aromatic heterocycles. The standard InChI is InChI=1S/C26H34N2O3/c1-30-25-9-10-26-23(17-25)16-22(20-31-26)18-27-13-14-28(24(19-27)11-15-29)12-5-8-21-6-3-2-4-7-21/h2-4,6-7,9-10,16-17,24,29H,5,8,11-15,18-20H2,1H3/t24-/m1/s1. The molecule has 2 aliphatic heterocycles. The maximum atomic E-state index is 9.62. The Labute approximate surface area is 185 Å². The molecular weight excluding hydrogens is 388 g/mol. The van der Waals surface area contributed by atoms with Gasteiger partial charge in [0.2, 0.25) is 0 Å². The van der Waals surface area contributed by atoms with Crippen LogP contribution in [0.5, 0.6) is 11.5 Å². The lowest BCUT2D eigenvalue weighted by Gasteiger charge is -2.42. The molecule has 2 aromatic carbocycles. The number of nitrogens with zero attached hydrogens (tertiary/aromatic N) is 2. The number of piperazine rings is 1. The van der Waals surface area contributed by atoms with Gasteiger partial charge in [-0.3, -0.25) is 9.80 Å². The number of aliphatic hydroxyl groups is 1. The molecule has 0 amide bonds. The Balaban J connectivity index is 1.32. The van der Waals surface area contributed by atoms with E-state index in [0.29, 0.717) is 12.6 Å². The molecule has 0 unspecified atom stereocenters. The van der Waals surface area contributed by atoms with E-state index < -0.39 is 0 Å². The number of fused-ring (bicyclic) bond motifs is 1. The first-order chi connectivity index (χ1) is 15.2. The molecule has 0 radical (unpaired) electrons. The molecule has 0 aliphatic carbocycles. The van der Waals surface area contributed by atoms with Gasteiger partial charge in [0.15, 0.2) is 0 Å². The molecule has 1 fully saturated rings. The molecule has 166 valence electrons. The number of methoxy groups -OCH3 is 1. The third-order valence-corrected chi connectivity index (χ3v) is 6.32. The molecule has 2 aliphatic rings. The molecule has 1 atom stereocenters. The molecule has 31 heavy (non-hydrogen) atoms. The van der Waals surface area contributed by atoms with Crippen LogP contribution in [0, 0.1) is 0 Å². The first-order valence-corrected chi connectivity index (χ1v) is 11.4. The fraction of sp³-hybridized carbons (Fsp3) is 0.462. The van der Waals surface area contributed by atoms with Crippen molar-refractivity contribution in [3.63, 3.8) is 0 Å². The minimum Gasteiger partial charge on any atom is -0.497 e. The highest BCUT2D eigenvalue weighted by Gasteiger charge is 2.27. The van der Waals surface area contributed by atoms with Gasteiger partial charge in [0, 0.05) is 44.4 Å². The number of ether oxygens (including phenoxy) is 2. The first-order valence-electron chi connectivity index (χ1n) is 11.4. The van der Waals surface area contributed by atoms with E-state index in [0.717, 1.165) is 69.0 Å². The number of hydrogen-bond acceptors (Lipinski definition) is 5. The summed E-state index contributed by atoms with van der Waals surface area (Å²) in [5.74, 6) is 1.78. The summed E-state index contributed by atoms with van der Waals surface area (Å²) in [7, 11) is 1.69. The van der Waals surface area contributed by atoms with E-state index in [9.17, 15) is 5.11 Å². The summed E-state index contributed by atoms with van der Waals surface area (Å²) in [6, 6.07) is 17.1. The Hall–Kier alpha value is -2.34. The minimum absolute atomic E-state index is 0.243. The molecule has 2 aromatic rings. The number of hydrogen-bond donors (Lipinski definition) is 1. The number of benzene rings is 2. The Bertz CT molecular complexity index is 868. The lowest BCUT2D eigenvalue weighted by molar-refractivity contribution is 0.0622. The smallest absolute Gasteiger partial charge is 0.127 e. The highest BCUT2D eigenvalue weighted by Crippen LogP contribution is 2.30. The van der Waals surface area contributed by atoms with Gasteiger partial charge < -0.3 is 14.6 Å². The summed E-state index contributed by atoms with van der Waals surface area (Å²) >= 11 is 0. The summed E-state index contributed by atoms with van der Waals surface area (Å²) in [5, 5.41) is 9.62. The van der Waals surface area contributed by atoms with Crippen LogP contribution in [0.15, 0.2) is 54.1 Å². The van der Waals surface area contributed by atoms with Gasteiger partial charge >= 0.3 is 0 Å². The number of aliphatic hydroxyl groups excluding tert-OH is 1. The minimum atomic E-state index is 0.243. The molecule has 4 rings (SSSR count). The highest BCUT2D eigenvalue weighted by molar-refractivity contribution is 5.64. The molecule has 0 saturated carbocycles. The normalized spacial score (nSPS) is 19.4. The zero-order valence-electron chi connectivity index (χ0n) is 18.5. The van der Waals surface area contributed by atoms with E-state index in [1.54, 1.807) is 7.11 Å². The van der Waals surface area contributed by atoms with Gasteiger partial charge in [-0.1, -0.05) is 30.3 Å². The van der Waals surface area contributed by atoms with E-state index in [-0.39, 0.29) is 6.61 Å². The zero-order valence-corrected chi connectivity index (χ0v) is 18.5. The third kappa shape index (κ3) is 5.88. The number of aryl methyl sites for hydroxylation is 1. The van der Waals surface area contributed by atoms with Crippen LogP contribution in [0.2, 0.25) is 0 Å². The molecular formula is C26H34N2O3.